The molecular formula is C5H5F3N2O. The van der Waals surface area contributed by atoms with Gasteiger partial charge in [-0.15, -0.1) is 0 Å². The van der Waals surface area contributed by atoms with Crippen LogP contribution in [0.5, 0.6) is 0 Å². The van der Waals surface area contributed by atoms with Crippen LogP contribution in [-0.4, -0.2) is 6.30 Å². The van der Waals surface area contributed by atoms with E-state index in [1.165, 1.54) is 23.7 Å². The molecular weight excluding hydrogens is 161 g/mol. The van der Waals surface area contributed by atoms with Crippen LogP contribution in [0.2, 0.25) is 0 Å². The summed E-state index contributed by atoms with van der Waals surface area (Å²) in [6, 6.07) is 0. The smallest absolute Gasteiger partial charge is 0.389 e. The number of hydroxylamine groups is 1. The summed E-state index contributed by atoms with van der Waals surface area (Å²) in [5.41, 5.74) is 2.02. The Hall–Kier alpha value is -1.33. The van der Waals surface area contributed by atoms with Gasteiger partial charge in [-0.2, -0.15) is 13.2 Å². The topological polar surface area (TPSA) is 33.3 Å². The van der Waals surface area contributed by atoms with Crippen molar-refractivity contribution in [2.45, 2.75) is 6.30 Å². The highest BCUT2D eigenvalue weighted by atomic mass is 19.4. The molecule has 0 unspecified atom stereocenters. The Labute approximate surface area is 60.5 Å². The molecule has 1 aliphatic heterocycles. The van der Waals surface area contributed by atoms with Gasteiger partial charge in [-0.1, -0.05) is 0 Å². The normalized spacial score (nSPS) is 16.5. The lowest BCUT2D eigenvalue weighted by Gasteiger charge is -2.15. The van der Waals surface area contributed by atoms with Gasteiger partial charge >= 0.3 is 6.30 Å². The number of nitrogens with one attached hydrogen (secondary N) is 2. The molecule has 0 bridgehead atoms. The Bertz CT molecular complexity index is 196. The zero-order valence-electron chi connectivity index (χ0n) is 5.27. The van der Waals surface area contributed by atoms with Crippen molar-refractivity contribution in [3.8, 4) is 0 Å². The minimum absolute atomic E-state index is 0.236. The molecule has 0 aromatic heterocycles. The molecule has 0 aliphatic carbocycles. The van der Waals surface area contributed by atoms with Crippen molar-refractivity contribution in [1.82, 2.24) is 10.8 Å². The molecule has 0 saturated heterocycles. The van der Waals surface area contributed by atoms with Crippen molar-refractivity contribution in [3.63, 3.8) is 0 Å². The summed E-state index contributed by atoms with van der Waals surface area (Å²) in [6.07, 6.45) is -0.670. The molecule has 2 N–H and O–H groups in total. The fourth-order valence-corrected chi connectivity index (χ4v) is 0.526. The summed E-state index contributed by atoms with van der Waals surface area (Å²) in [5.74, 6) is -0.236. The van der Waals surface area contributed by atoms with Crippen molar-refractivity contribution in [2.24, 2.45) is 0 Å². The Morgan fingerprint density at radius 2 is 2.18 bits per heavy atom. The number of hydrogen-bond acceptors (Lipinski definition) is 3. The first-order valence-electron chi connectivity index (χ1n) is 2.71. The predicted molar refractivity (Wildman–Crippen MR) is 30.6 cm³/mol. The van der Waals surface area contributed by atoms with E-state index in [0.717, 1.165) is 0 Å². The van der Waals surface area contributed by atoms with E-state index in [9.17, 15) is 13.2 Å². The minimum Gasteiger partial charge on any atom is -0.389 e. The van der Waals surface area contributed by atoms with E-state index in [0.29, 0.717) is 0 Å². The van der Waals surface area contributed by atoms with Gasteiger partial charge < -0.3 is 4.84 Å². The molecule has 3 nitrogen and oxygen atoms in total. The third-order valence-electron chi connectivity index (χ3n) is 0.855. The van der Waals surface area contributed by atoms with Gasteiger partial charge in [-0.05, 0) is 12.2 Å². The van der Waals surface area contributed by atoms with E-state index in [1.54, 1.807) is 0 Å². The fraction of sp³-hybridized carbons (Fsp3) is 0.200. The molecule has 0 spiro atoms. The molecule has 0 amide bonds. The minimum atomic E-state index is -4.44. The van der Waals surface area contributed by atoms with E-state index in [2.05, 4.69) is 4.84 Å². The number of rotatable bonds is 1. The lowest BCUT2D eigenvalue weighted by molar-refractivity contribution is -0.153. The average molecular weight is 166 g/mol. The van der Waals surface area contributed by atoms with Gasteiger partial charge in [0.05, 0.1) is 0 Å². The van der Waals surface area contributed by atoms with Gasteiger partial charge in [0.2, 0.25) is 0 Å². The summed E-state index contributed by atoms with van der Waals surface area (Å²) in [6.45, 7) is 0. The number of allylic oxidation sites excluding steroid dienone is 2. The maximum atomic E-state index is 11.6. The number of hydrogen-bond donors (Lipinski definition) is 2. The molecule has 0 saturated carbocycles. The van der Waals surface area contributed by atoms with Crippen LogP contribution in [0.15, 0.2) is 24.2 Å². The summed E-state index contributed by atoms with van der Waals surface area (Å²) in [7, 11) is 0. The molecule has 6 heteroatoms. The van der Waals surface area contributed by atoms with Gasteiger partial charge in [0.15, 0.2) is 0 Å². The maximum Gasteiger partial charge on any atom is 0.483 e. The Kier molecular flexibility index (Phi) is 1.93. The Morgan fingerprint density at radius 1 is 1.45 bits per heavy atom. The van der Waals surface area contributed by atoms with E-state index < -0.39 is 6.30 Å². The largest absolute Gasteiger partial charge is 0.483 e. The second-order valence-electron chi connectivity index (χ2n) is 1.75. The molecule has 1 rings (SSSR count). The lowest BCUT2D eigenvalue weighted by Crippen LogP contribution is -2.37. The van der Waals surface area contributed by atoms with Crippen LogP contribution >= 0.6 is 0 Å². The molecule has 11 heavy (non-hydrogen) atoms. The fourth-order valence-electron chi connectivity index (χ4n) is 0.526. The first kappa shape index (κ1) is 7.77. The van der Waals surface area contributed by atoms with Crippen LogP contribution in [-0.2, 0) is 4.84 Å². The van der Waals surface area contributed by atoms with E-state index >= 15 is 0 Å². The maximum absolute atomic E-state index is 11.6. The van der Waals surface area contributed by atoms with Gasteiger partial charge in [0, 0.05) is 0 Å². The van der Waals surface area contributed by atoms with Crippen molar-refractivity contribution in [2.75, 3.05) is 0 Å². The first-order chi connectivity index (χ1) is 5.08. The molecule has 1 aliphatic rings. The van der Waals surface area contributed by atoms with Crippen LogP contribution in [0.3, 0.4) is 0 Å². The second-order valence-corrected chi connectivity index (χ2v) is 1.75. The molecule has 0 aromatic rings. The van der Waals surface area contributed by atoms with Gasteiger partial charge in [0.1, 0.15) is 12.1 Å². The number of alkyl halides is 3. The number of halogens is 3. The summed E-state index contributed by atoms with van der Waals surface area (Å²) < 4.78 is 34.7. The van der Waals surface area contributed by atoms with Crippen LogP contribution in [0.1, 0.15) is 0 Å². The molecule has 0 radical (unpaired) electrons. The second kappa shape index (κ2) is 2.73. The van der Waals surface area contributed by atoms with Crippen LogP contribution in [0.25, 0.3) is 0 Å². The highest BCUT2D eigenvalue weighted by Crippen LogP contribution is 2.11. The van der Waals surface area contributed by atoms with Gasteiger partial charge in [-0.3, -0.25) is 5.32 Å². The van der Waals surface area contributed by atoms with Crippen molar-refractivity contribution >= 4 is 0 Å². The molecule has 1 heterocycles. The SMILES string of the molecule is FC(F)(F)NC1=CC=CON1. The summed E-state index contributed by atoms with van der Waals surface area (Å²) >= 11 is 0. The third-order valence-corrected chi connectivity index (χ3v) is 0.855. The third kappa shape index (κ3) is 2.83. The highest BCUT2D eigenvalue weighted by Gasteiger charge is 2.28. The Balaban J connectivity index is 2.49. The standard InChI is InChI=1S/C5H5F3N2O/c6-5(7,8)9-4-2-1-3-11-10-4/h1-3,9-10H. The summed E-state index contributed by atoms with van der Waals surface area (Å²) in [5, 5.41) is 1.23. The quantitative estimate of drug-likeness (QED) is 0.570. The van der Waals surface area contributed by atoms with E-state index in [1.807, 2.05) is 5.48 Å². The monoisotopic (exact) mass is 166 g/mol. The van der Waals surface area contributed by atoms with E-state index in [-0.39, 0.29) is 5.82 Å². The van der Waals surface area contributed by atoms with E-state index in [4.69, 9.17) is 0 Å². The lowest BCUT2D eigenvalue weighted by atomic mass is 10.5. The van der Waals surface area contributed by atoms with Gasteiger partial charge in [-0.25, -0.2) is 5.48 Å². The summed E-state index contributed by atoms with van der Waals surface area (Å²) in [4.78, 5) is 4.37. The van der Waals surface area contributed by atoms with Crippen LogP contribution < -0.4 is 10.8 Å². The van der Waals surface area contributed by atoms with Crippen molar-refractivity contribution in [3.05, 3.63) is 24.2 Å². The average Bonchev–Trinajstić information content (AvgIpc) is 1.85. The highest BCUT2D eigenvalue weighted by molar-refractivity contribution is 5.09. The molecule has 0 fully saturated rings. The Morgan fingerprint density at radius 3 is 2.64 bits per heavy atom. The molecule has 0 atom stereocenters. The van der Waals surface area contributed by atoms with Crippen molar-refractivity contribution < 1.29 is 18.0 Å². The van der Waals surface area contributed by atoms with Gasteiger partial charge in [0.25, 0.3) is 0 Å². The van der Waals surface area contributed by atoms with Crippen LogP contribution in [0, 0.1) is 0 Å². The van der Waals surface area contributed by atoms with Crippen molar-refractivity contribution in [1.29, 1.82) is 0 Å². The predicted octanol–water partition coefficient (Wildman–Crippen LogP) is 0.986. The first-order valence-corrected chi connectivity index (χ1v) is 2.71. The van der Waals surface area contributed by atoms with Crippen LogP contribution in [0.4, 0.5) is 13.2 Å². The zero-order chi connectivity index (χ0) is 8.32. The zero-order valence-corrected chi connectivity index (χ0v) is 5.27. The molecule has 0 aromatic carbocycles. The molecule has 62 valence electrons.